The molecule has 0 fully saturated rings. The van der Waals surface area contributed by atoms with Crippen LogP contribution in [-0.4, -0.2) is 22.1 Å². The number of fused-ring (bicyclic) bond motifs is 1. The average molecular weight is 194 g/mol. The Morgan fingerprint density at radius 2 is 2.14 bits per heavy atom. The van der Waals surface area contributed by atoms with Crippen molar-refractivity contribution in [3.8, 4) is 0 Å². The molecule has 2 unspecified atom stereocenters. The molecule has 0 spiro atoms. The zero-order chi connectivity index (χ0) is 10.3. The smallest absolute Gasteiger partial charge is 0.172 e. The number of hydrogen-bond donors (Lipinski definition) is 2. The molecule has 0 aromatic heterocycles. The molecule has 0 aromatic rings. The van der Waals surface area contributed by atoms with Gasteiger partial charge in [-0.3, -0.25) is 4.79 Å². The van der Waals surface area contributed by atoms with Crippen molar-refractivity contribution in [1.29, 1.82) is 0 Å². The lowest BCUT2D eigenvalue weighted by Gasteiger charge is -2.28. The normalized spacial score (nSPS) is 31.0. The van der Waals surface area contributed by atoms with E-state index in [0.717, 1.165) is 0 Å². The summed E-state index contributed by atoms with van der Waals surface area (Å²) in [5, 5.41) is 18.7. The summed E-state index contributed by atoms with van der Waals surface area (Å²) in [6, 6.07) is 0. The van der Waals surface area contributed by atoms with E-state index in [1.165, 1.54) is 18.2 Å². The molecule has 0 saturated carbocycles. The molecule has 0 radical (unpaired) electrons. The maximum absolute atomic E-state index is 11.5. The molecule has 2 N–H and O–H groups in total. The third-order valence-electron chi connectivity index (χ3n) is 2.21. The molecule has 0 bridgehead atoms. The lowest BCUT2D eigenvalue weighted by Crippen LogP contribution is -2.33. The van der Waals surface area contributed by atoms with Gasteiger partial charge in [0, 0.05) is 12.2 Å². The van der Waals surface area contributed by atoms with E-state index in [1.807, 2.05) is 0 Å². The first kappa shape index (κ1) is 9.02. The number of carbonyl (C=O) groups is 1. The fourth-order valence-corrected chi connectivity index (χ4v) is 1.63. The monoisotopic (exact) mass is 194 g/mol. The molecule has 74 valence electrons. The van der Waals surface area contributed by atoms with Crippen LogP contribution in [0.2, 0.25) is 0 Å². The van der Waals surface area contributed by atoms with Gasteiger partial charge in [-0.1, -0.05) is 0 Å². The average Bonchev–Trinajstić information content (AvgIpc) is 1.99. The highest BCUT2D eigenvalue weighted by atomic mass is 16.5. The summed E-state index contributed by atoms with van der Waals surface area (Å²) in [6.45, 7) is 1.65. The van der Waals surface area contributed by atoms with E-state index in [1.54, 1.807) is 6.92 Å². The Kier molecular flexibility index (Phi) is 1.93. The fourth-order valence-electron chi connectivity index (χ4n) is 1.63. The summed E-state index contributed by atoms with van der Waals surface area (Å²) < 4.78 is 5.24. The van der Waals surface area contributed by atoms with Crippen LogP contribution in [0, 0.1) is 5.92 Å². The number of ketones is 1. The number of aliphatic hydroxyl groups excluding tert-OH is 2. The number of allylic oxidation sites excluding steroid dienone is 3. The van der Waals surface area contributed by atoms with Crippen molar-refractivity contribution in [2.45, 2.75) is 13.0 Å². The Bertz CT molecular complexity index is 376. The maximum atomic E-state index is 11.5. The van der Waals surface area contributed by atoms with Crippen LogP contribution in [0.3, 0.4) is 0 Å². The molecule has 2 rings (SSSR count). The highest BCUT2D eigenvalue weighted by Crippen LogP contribution is 2.31. The highest BCUT2D eigenvalue weighted by molar-refractivity contribution is 5.95. The molecule has 2 atom stereocenters. The van der Waals surface area contributed by atoms with E-state index in [4.69, 9.17) is 4.74 Å². The van der Waals surface area contributed by atoms with E-state index < -0.39 is 12.0 Å². The molecule has 1 heterocycles. The fraction of sp³-hybridized carbons (Fsp3) is 0.300. The van der Waals surface area contributed by atoms with E-state index in [-0.39, 0.29) is 11.5 Å². The number of aliphatic hydroxyl groups is 2. The summed E-state index contributed by atoms with van der Waals surface area (Å²) in [6.07, 6.45) is 2.92. The number of hydrogen-bond acceptors (Lipinski definition) is 4. The molecule has 0 amide bonds. The van der Waals surface area contributed by atoms with Crippen LogP contribution in [0.5, 0.6) is 0 Å². The molecular weight excluding hydrogens is 184 g/mol. The first-order valence-corrected chi connectivity index (χ1v) is 4.28. The van der Waals surface area contributed by atoms with E-state index in [2.05, 4.69) is 0 Å². The quantitative estimate of drug-likeness (QED) is 0.598. The van der Waals surface area contributed by atoms with Gasteiger partial charge in [0.25, 0.3) is 0 Å². The molecule has 2 aliphatic rings. The Labute approximate surface area is 80.8 Å². The van der Waals surface area contributed by atoms with E-state index in [0.29, 0.717) is 11.5 Å². The highest BCUT2D eigenvalue weighted by Gasteiger charge is 2.35. The van der Waals surface area contributed by atoms with Crippen LogP contribution in [-0.2, 0) is 9.53 Å². The SMILES string of the molecule is CC1=CC(=O)C2C(=CC(O)=CC2O)O1. The molecule has 4 nitrogen and oxygen atoms in total. The van der Waals surface area contributed by atoms with Gasteiger partial charge in [-0.15, -0.1) is 0 Å². The Balaban J connectivity index is 2.42. The van der Waals surface area contributed by atoms with Crippen LogP contribution < -0.4 is 0 Å². The maximum Gasteiger partial charge on any atom is 0.172 e. The summed E-state index contributed by atoms with van der Waals surface area (Å²) in [7, 11) is 0. The number of carbonyl (C=O) groups excluding carboxylic acids is 1. The molecule has 14 heavy (non-hydrogen) atoms. The van der Waals surface area contributed by atoms with Gasteiger partial charge < -0.3 is 14.9 Å². The van der Waals surface area contributed by atoms with Gasteiger partial charge in [0.2, 0.25) is 0 Å². The van der Waals surface area contributed by atoms with Gasteiger partial charge in [-0.25, -0.2) is 0 Å². The zero-order valence-corrected chi connectivity index (χ0v) is 7.60. The predicted molar refractivity (Wildman–Crippen MR) is 48.1 cm³/mol. The second-order valence-electron chi connectivity index (χ2n) is 3.37. The van der Waals surface area contributed by atoms with Crippen molar-refractivity contribution in [3.63, 3.8) is 0 Å². The van der Waals surface area contributed by atoms with Crippen molar-refractivity contribution in [1.82, 2.24) is 0 Å². The summed E-state index contributed by atoms with van der Waals surface area (Å²) in [5.41, 5.74) is 0. The largest absolute Gasteiger partial charge is 0.508 e. The third kappa shape index (κ3) is 1.33. The van der Waals surface area contributed by atoms with Crippen LogP contribution in [0.15, 0.2) is 35.5 Å². The number of ether oxygens (including phenoxy) is 1. The van der Waals surface area contributed by atoms with Gasteiger partial charge in [-0.2, -0.15) is 0 Å². The first-order chi connectivity index (χ1) is 6.58. The van der Waals surface area contributed by atoms with Crippen molar-refractivity contribution < 1.29 is 19.7 Å². The Hall–Kier alpha value is -1.55. The second-order valence-corrected chi connectivity index (χ2v) is 3.37. The van der Waals surface area contributed by atoms with Crippen LogP contribution >= 0.6 is 0 Å². The molecule has 4 heteroatoms. The summed E-state index contributed by atoms with van der Waals surface area (Å²) in [5.74, 6) is -0.195. The Morgan fingerprint density at radius 3 is 2.86 bits per heavy atom. The topological polar surface area (TPSA) is 66.8 Å². The van der Waals surface area contributed by atoms with Gasteiger partial charge in [0.1, 0.15) is 23.2 Å². The zero-order valence-electron chi connectivity index (χ0n) is 7.60. The van der Waals surface area contributed by atoms with Crippen molar-refractivity contribution in [3.05, 3.63) is 35.5 Å². The molecule has 0 saturated heterocycles. The Morgan fingerprint density at radius 1 is 1.43 bits per heavy atom. The van der Waals surface area contributed by atoms with Crippen LogP contribution in [0.25, 0.3) is 0 Å². The summed E-state index contributed by atoms with van der Waals surface area (Å²) in [4.78, 5) is 11.5. The van der Waals surface area contributed by atoms with E-state index in [9.17, 15) is 15.0 Å². The minimum atomic E-state index is -1.01. The van der Waals surface area contributed by atoms with Crippen LogP contribution in [0.4, 0.5) is 0 Å². The lowest BCUT2D eigenvalue weighted by molar-refractivity contribution is -0.121. The van der Waals surface area contributed by atoms with Crippen molar-refractivity contribution >= 4 is 5.78 Å². The van der Waals surface area contributed by atoms with Gasteiger partial charge in [0.05, 0.1) is 6.10 Å². The predicted octanol–water partition coefficient (Wildman–Crippen LogP) is 0.806. The standard InChI is InChI=1S/C10H10O4/c1-5-2-7(12)10-8(13)3-6(11)4-9(10)14-5/h2-4,8,10-11,13H,1H3. The molecule has 0 aromatic carbocycles. The lowest BCUT2D eigenvalue weighted by atomic mass is 9.89. The minimum Gasteiger partial charge on any atom is -0.508 e. The summed E-state index contributed by atoms with van der Waals surface area (Å²) >= 11 is 0. The van der Waals surface area contributed by atoms with Gasteiger partial charge in [0.15, 0.2) is 5.78 Å². The van der Waals surface area contributed by atoms with Crippen LogP contribution in [0.1, 0.15) is 6.92 Å². The van der Waals surface area contributed by atoms with Gasteiger partial charge in [-0.05, 0) is 13.0 Å². The third-order valence-corrected chi connectivity index (χ3v) is 2.21. The van der Waals surface area contributed by atoms with Crippen molar-refractivity contribution in [2.24, 2.45) is 5.92 Å². The molecule has 1 aliphatic heterocycles. The van der Waals surface area contributed by atoms with E-state index >= 15 is 0 Å². The molecule has 1 aliphatic carbocycles. The minimum absolute atomic E-state index is 0.0775. The number of rotatable bonds is 0. The first-order valence-electron chi connectivity index (χ1n) is 4.28. The van der Waals surface area contributed by atoms with Crippen molar-refractivity contribution in [2.75, 3.05) is 0 Å². The molecular formula is C10H10O4. The van der Waals surface area contributed by atoms with Gasteiger partial charge >= 0.3 is 0 Å². The second kappa shape index (κ2) is 2.99.